The second-order valence-electron chi connectivity index (χ2n) is 3.95. The largest absolute Gasteiger partial charge is 0.469 e. The van der Waals surface area contributed by atoms with Gasteiger partial charge in [-0.3, -0.25) is 4.79 Å². The van der Waals surface area contributed by atoms with E-state index >= 15 is 0 Å². The molecule has 1 saturated heterocycles. The second-order valence-corrected chi connectivity index (χ2v) is 3.95. The summed E-state index contributed by atoms with van der Waals surface area (Å²) in [6.45, 7) is 1.35. The van der Waals surface area contributed by atoms with Gasteiger partial charge in [0.25, 0.3) is 0 Å². The quantitative estimate of drug-likeness (QED) is 0.822. The fourth-order valence-electron chi connectivity index (χ4n) is 2.14. The van der Waals surface area contributed by atoms with Crippen LogP contribution in [0.2, 0.25) is 0 Å². The van der Waals surface area contributed by atoms with E-state index in [-0.39, 0.29) is 36.0 Å². The van der Waals surface area contributed by atoms with Crippen LogP contribution in [0.3, 0.4) is 0 Å². The number of ether oxygens (including phenoxy) is 1. The van der Waals surface area contributed by atoms with E-state index in [4.69, 9.17) is 4.74 Å². The summed E-state index contributed by atoms with van der Waals surface area (Å²) in [5.41, 5.74) is 0.974. The predicted molar refractivity (Wildman–Crippen MR) is 64.8 cm³/mol. The Morgan fingerprint density at radius 3 is 2.59 bits per heavy atom. The van der Waals surface area contributed by atoms with Gasteiger partial charge in [-0.15, -0.1) is 12.4 Å². The lowest BCUT2D eigenvalue weighted by Crippen LogP contribution is -2.22. The highest BCUT2D eigenvalue weighted by atomic mass is 35.5. The molecule has 0 unspecified atom stereocenters. The summed E-state index contributed by atoms with van der Waals surface area (Å²) in [6.07, 6.45) is 0. The van der Waals surface area contributed by atoms with Crippen LogP contribution in [0.5, 0.6) is 0 Å². The zero-order valence-corrected chi connectivity index (χ0v) is 10.3. The molecule has 5 heteroatoms. The highest BCUT2D eigenvalue weighted by molar-refractivity contribution is 5.85. The number of hydrogen-bond acceptors (Lipinski definition) is 3. The summed E-state index contributed by atoms with van der Waals surface area (Å²) in [7, 11) is 1.39. The Hall–Kier alpha value is -1.13. The van der Waals surface area contributed by atoms with Crippen LogP contribution in [-0.2, 0) is 9.53 Å². The molecule has 1 aromatic rings. The summed E-state index contributed by atoms with van der Waals surface area (Å²) in [6, 6.07) is 6.29. The predicted octanol–water partition coefficient (Wildman–Crippen LogP) is 1.72. The zero-order chi connectivity index (χ0) is 11.5. The van der Waals surface area contributed by atoms with Crippen molar-refractivity contribution in [2.75, 3.05) is 20.2 Å². The van der Waals surface area contributed by atoms with Crippen molar-refractivity contribution in [3.05, 3.63) is 35.6 Å². The summed E-state index contributed by atoms with van der Waals surface area (Å²) in [5.74, 6) is -0.563. The van der Waals surface area contributed by atoms with Crippen molar-refractivity contribution in [1.29, 1.82) is 0 Å². The molecular formula is C12H15ClFNO2. The molecule has 0 spiro atoms. The molecule has 2 atom stereocenters. The Morgan fingerprint density at radius 1 is 1.35 bits per heavy atom. The summed E-state index contributed by atoms with van der Waals surface area (Å²) in [5, 5.41) is 3.16. The first-order valence-electron chi connectivity index (χ1n) is 5.26. The van der Waals surface area contributed by atoms with Gasteiger partial charge in [-0.2, -0.15) is 0 Å². The van der Waals surface area contributed by atoms with Crippen LogP contribution in [0.25, 0.3) is 0 Å². The van der Waals surface area contributed by atoms with Crippen LogP contribution in [0, 0.1) is 11.7 Å². The van der Waals surface area contributed by atoms with Crippen molar-refractivity contribution in [1.82, 2.24) is 5.32 Å². The molecule has 17 heavy (non-hydrogen) atoms. The van der Waals surface area contributed by atoms with Crippen molar-refractivity contribution in [2.24, 2.45) is 5.92 Å². The maximum Gasteiger partial charge on any atom is 0.310 e. The van der Waals surface area contributed by atoms with Gasteiger partial charge in [0.1, 0.15) is 5.82 Å². The van der Waals surface area contributed by atoms with Crippen LogP contribution in [-0.4, -0.2) is 26.2 Å². The first-order chi connectivity index (χ1) is 7.72. The fraction of sp³-hybridized carbons (Fsp3) is 0.417. The lowest BCUT2D eigenvalue weighted by molar-refractivity contribution is -0.145. The van der Waals surface area contributed by atoms with Crippen LogP contribution >= 0.6 is 12.4 Å². The highest BCUT2D eigenvalue weighted by Gasteiger charge is 2.34. The normalized spacial score (nSPS) is 22.9. The van der Waals surface area contributed by atoms with Crippen molar-refractivity contribution in [3.63, 3.8) is 0 Å². The standard InChI is InChI=1S/C12H14FNO2.ClH/c1-16-12(15)11-7-14-6-10(11)8-2-4-9(13)5-3-8;/h2-5,10-11,14H,6-7H2,1H3;1H/t10-,11+;/m1./s1. The van der Waals surface area contributed by atoms with Gasteiger partial charge in [0.2, 0.25) is 0 Å². The van der Waals surface area contributed by atoms with Crippen molar-refractivity contribution >= 4 is 18.4 Å². The van der Waals surface area contributed by atoms with Gasteiger partial charge in [-0.1, -0.05) is 12.1 Å². The average molecular weight is 260 g/mol. The number of hydrogen-bond donors (Lipinski definition) is 1. The van der Waals surface area contributed by atoms with Gasteiger partial charge in [-0.05, 0) is 17.7 Å². The molecule has 0 aromatic heterocycles. The third kappa shape index (κ3) is 2.96. The Kier molecular flexibility index (Phi) is 4.90. The van der Waals surface area contributed by atoms with Crippen LogP contribution in [0.1, 0.15) is 11.5 Å². The van der Waals surface area contributed by atoms with Crippen LogP contribution in [0.15, 0.2) is 24.3 Å². The van der Waals surface area contributed by atoms with Gasteiger partial charge in [0, 0.05) is 19.0 Å². The molecule has 1 fully saturated rings. The summed E-state index contributed by atoms with van der Waals surface area (Å²) >= 11 is 0. The molecule has 0 radical (unpaired) electrons. The van der Waals surface area contributed by atoms with Crippen LogP contribution < -0.4 is 5.32 Å². The molecule has 0 bridgehead atoms. The van der Waals surface area contributed by atoms with E-state index in [9.17, 15) is 9.18 Å². The molecule has 1 heterocycles. The number of rotatable bonds is 2. The van der Waals surface area contributed by atoms with Gasteiger partial charge < -0.3 is 10.1 Å². The Labute approximate surface area is 106 Å². The molecule has 94 valence electrons. The van der Waals surface area contributed by atoms with Gasteiger partial charge in [0.15, 0.2) is 0 Å². The molecule has 1 aliphatic rings. The minimum atomic E-state index is -0.260. The smallest absolute Gasteiger partial charge is 0.310 e. The topological polar surface area (TPSA) is 38.3 Å². The number of esters is 1. The third-order valence-electron chi connectivity index (χ3n) is 3.02. The van der Waals surface area contributed by atoms with Crippen molar-refractivity contribution in [3.8, 4) is 0 Å². The van der Waals surface area contributed by atoms with Crippen molar-refractivity contribution < 1.29 is 13.9 Å². The zero-order valence-electron chi connectivity index (χ0n) is 9.48. The minimum absolute atomic E-state index is 0. The second kappa shape index (κ2) is 5.98. The number of carbonyl (C=O) groups excluding carboxylic acids is 1. The van der Waals surface area contributed by atoms with E-state index in [1.165, 1.54) is 19.2 Å². The number of halogens is 2. The number of benzene rings is 1. The highest BCUT2D eigenvalue weighted by Crippen LogP contribution is 2.28. The number of methoxy groups -OCH3 is 1. The SMILES string of the molecule is COC(=O)[C@H]1CNC[C@@H]1c1ccc(F)cc1.Cl. The molecule has 0 aliphatic carbocycles. The first kappa shape index (κ1) is 13.9. The third-order valence-corrected chi connectivity index (χ3v) is 3.02. The molecule has 1 aromatic carbocycles. The number of nitrogens with one attached hydrogen (secondary N) is 1. The first-order valence-corrected chi connectivity index (χ1v) is 5.26. The minimum Gasteiger partial charge on any atom is -0.469 e. The van der Waals surface area contributed by atoms with E-state index in [2.05, 4.69) is 5.32 Å². The Balaban J connectivity index is 0.00000144. The molecule has 0 saturated carbocycles. The molecule has 1 N–H and O–H groups in total. The van der Waals surface area contributed by atoms with E-state index in [1.807, 2.05) is 0 Å². The van der Waals surface area contributed by atoms with E-state index < -0.39 is 0 Å². The van der Waals surface area contributed by atoms with Gasteiger partial charge >= 0.3 is 5.97 Å². The van der Waals surface area contributed by atoms with Gasteiger partial charge in [-0.25, -0.2) is 4.39 Å². The lowest BCUT2D eigenvalue weighted by atomic mass is 9.89. The average Bonchev–Trinajstić information content (AvgIpc) is 2.78. The lowest BCUT2D eigenvalue weighted by Gasteiger charge is -2.16. The summed E-state index contributed by atoms with van der Waals surface area (Å²) in [4.78, 5) is 11.5. The molecule has 3 nitrogen and oxygen atoms in total. The number of carbonyl (C=O) groups is 1. The maximum absolute atomic E-state index is 12.8. The van der Waals surface area contributed by atoms with E-state index in [1.54, 1.807) is 12.1 Å². The van der Waals surface area contributed by atoms with Gasteiger partial charge in [0.05, 0.1) is 13.0 Å². The molecule has 1 aliphatic heterocycles. The molecule has 2 rings (SSSR count). The van der Waals surface area contributed by atoms with Crippen LogP contribution in [0.4, 0.5) is 4.39 Å². The monoisotopic (exact) mass is 259 g/mol. The molecule has 0 amide bonds. The van der Waals surface area contributed by atoms with Crippen molar-refractivity contribution in [2.45, 2.75) is 5.92 Å². The Morgan fingerprint density at radius 2 is 2.00 bits per heavy atom. The Bertz CT molecular complexity index is 383. The molecular weight excluding hydrogens is 245 g/mol. The van der Waals surface area contributed by atoms with E-state index in [0.717, 1.165) is 12.1 Å². The summed E-state index contributed by atoms with van der Waals surface area (Å²) < 4.78 is 17.5. The maximum atomic E-state index is 12.8. The van der Waals surface area contributed by atoms with E-state index in [0.29, 0.717) is 6.54 Å². The fourth-order valence-corrected chi connectivity index (χ4v) is 2.14.